The molecule has 108 valence electrons. The SMILES string of the molecule is C[C@@H](CN)NC(=O)CN=C1NS(=O)(=O)c2ccccc21. The molecule has 0 bridgehead atoms. The van der Waals surface area contributed by atoms with E-state index >= 15 is 0 Å². The van der Waals surface area contributed by atoms with Crippen molar-refractivity contribution in [3.8, 4) is 0 Å². The minimum Gasteiger partial charge on any atom is -0.351 e. The Hall–Kier alpha value is -1.93. The van der Waals surface area contributed by atoms with E-state index in [9.17, 15) is 13.2 Å². The van der Waals surface area contributed by atoms with Crippen LogP contribution in [0.25, 0.3) is 0 Å². The number of sulfonamides is 1. The Morgan fingerprint density at radius 1 is 1.45 bits per heavy atom. The number of rotatable bonds is 4. The second-order valence-electron chi connectivity index (χ2n) is 4.47. The number of aliphatic imine (C=N–C) groups is 1. The lowest BCUT2D eigenvalue weighted by Crippen LogP contribution is -2.39. The summed E-state index contributed by atoms with van der Waals surface area (Å²) >= 11 is 0. The average Bonchev–Trinajstić information content (AvgIpc) is 2.68. The van der Waals surface area contributed by atoms with Gasteiger partial charge in [-0.2, -0.15) is 0 Å². The molecule has 2 rings (SSSR count). The molecule has 1 atom stereocenters. The Morgan fingerprint density at radius 2 is 2.15 bits per heavy atom. The van der Waals surface area contributed by atoms with Crippen LogP contribution in [0.5, 0.6) is 0 Å². The third-order valence-corrected chi connectivity index (χ3v) is 4.20. The first-order valence-electron chi connectivity index (χ1n) is 6.10. The molecule has 20 heavy (non-hydrogen) atoms. The summed E-state index contributed by atoms with van der Waals surface area (Å²) in [6.45, 7) is 1.95. The Morgan fingerprint density at radius 3 is 2.85 bits per heavy atom. The number of benzene rings is 1. The molecule has 0 fully saturated rings. The van der Waals surface area contributed by atoms with Crippen LogP contribution in [-0.2, 0) is 14.8 Å². The highest BCUT2D eigenvalue weighted by Crippen LogP contribution is 2.21. The Balaban J connectivity index is 2.16. The summed E-state index contributed by atoms with van der Waals surface area (Å²) in [5.41, 5.74) is 5.87. The van der Waals surface area contributed by atoms with Gasteiger partial charge in [-0.1, -0.05) is 12.1 Å². The number of nitrogens with zero attached hydrogens (tertiary/aromatic N) is 1. The van der Waals surface area contributed by atoms with Gasteiger partial charge in [-0.15, -0.1) is 0 Å². The van der Waals surface area contributed by atoms with Crippen molar-refractivity contribution in [3.05, 3.63) is 29.8 Å². The summed E-state index contributed by atoms with van der Waals surface area (Å²) in [6.07, 6.45) is 0. The number of nitrogens with two attached hydrogens (primary N) is 1. The van der Waals surface area contributed by atoms with Crippen molar-refractivity contribution in [2.45, 2.75) is 17.9 Å². The van der Waals surface area contributed by atoms with Crippen LogP contribution < -0.4 is 15.8 Å². The van der Waals surface area contributed by atoms with Crippen molar-refractivity contribution in [2.75, 3.05) is 13.1 Å². The van der Waals surface area contributed by atoms with Crippen LogP contribution in [-0.4, -0.2) is 39.3 Å². The van der Waals surface area contributed by atoms with E-state index in [1.54, 1.807) is 25.1 Å². The number of carbonyl (C=O) groups excluding carboxylic acids is 1. The summed E-state index contributed by atoms with van der Waals surface area (Å²) in [5.74, 6) is -0.116. The van der Waals surface area contributed by atoms with Gasteiger partial charge in [0, 0.05) is 18.2 Å². The minimum absolute atomic E-state index is 0.143. The average molecular weight is 296 g/mol. The van der Waals surface area contributed by atoms with E-state index in [2.05, 4.69) is 15.0 Å². The zero-order valence-electron chi connectivity index (χ0n) is 11.0. The van der Waals surface area contributed by atoms with Crippen molar-refractivity contribution in [1.82, 2.24) is 10.0 Å². The maximum Gasteiger partial charge on any atom is 0.263 e. The highest BCUT2D eigenvalue weighted by atomic mass is 32.2. The van der Waals surface area contributed by atoms with E-state index in [0.717, 1.165) is 0 Å². The first kappa shape index (κ1) is 14.5. The van der Waals surface area contributed by atoms with Gasteiger partial charge in [-0.25, -0.2) is 8.42 Å². The molecule has 0 radical (unpaired) electrons. The second-order valence-corrected chi connectivity index (χ2v) is 6.12. The molecule has 1 heterocycles. The largest absolute Gasteiger partial charge is 0.351 e. The van der Waals surface area contributed by atoms with Gasteiger partial charge < -0.3 is 11.1 Å². The quantitative estimate of drug-likeness (QED) is 0.674. The van der Waals surface area contributed by atoms with Crippen LogP contribution in [0.4, 0.5) is 0 Å². The van der Waals surface area contributed by atoms with Crippen molar-refractivity contribution in [1.29, 1.82) is 0 Å². The lowest BCUT2D eigenvalue weighted by molar-refractivity contribution is -0.120. The molecule has 1 aliphatic heterocycles. The number of nitrogens with one attached hydrogen (secondary N) is 2. The molecule has 0 saturated carbocycles. The molecule has 0 saturated heterocycles. The van der Waals surface area contributed by atoms with E-state index in [-0.39, 0.29) is 29.2 Å². The third kappa shape index (κ3) is 2.97. The first-order valence-corrected chi connectivity index (χ1v) is 7.58. The van der Waals surface area contributed by atoms with Crippen LogP contribution in [0, 0.1) is 0 Å². The number of hydrogen-bond acceptors (Lipinski definition) is 5. The molecule has 0 unspecified atom stereocenters. The van der Waals surface area contributed by atoms with Crippen LogP contribution in [0.2, 0.25) is 0 Å². The van der Waals surface area contributed by atoms with Crippen molar-refractivity contribution in [3.63, 3.8) is 0 Å². The zero-order chi connectivity index (χ0) is 14.8. The summed E-state index contributed by atoms with van der Waals surface area (Å²) in [6, 6.07) is 6.35. The maximum absolute atomic E-state index is 11.8. The van der Waals surface area contributed by atoms with Crippen LogP contribution in [0.1, 0.15) is 12.5 Å². The van der Waals surface area contributed by atoms with Crippen molar-refractivity contribution in [2.24, 2.45) is 10.7 Å². The van der Waals surface area contributed by atoms with Gasteiger partial charge in [0.1, 0.15) is 12.4 Å². The number of fused-ring (bicyclic) bond motifs is 1. The molecule has 4 N–H and O–H groups in total. The zero-order valence-corrected chi connectivity index (χ0v) is 11.8. The first-order chi connectivity index (χ1) is 9.44. The van der Waals surface area contributed by atoms with Gasteiger partial charge >= 0.3 is 0 Å². The fraction of sp³-hybridized carbons (Fsp3) is 0.333. The van der Waals surface area contributed by atoms with Crippen molar-refractivity contribution < 1.29 is 13.2 Å². The molecule has 1 aromatic carbocycles. The lowest BCUT2D eigenvalue weighted by Gasteiger charge is -2.09. The van der Waals surface area contributed by atoms with E-state index in [1.807, 2.05) is 0 Å². The second kappa shape index (κ2) is 5.59. The number of amidine groups is 1. The molecule has 0 aliphatic carbocycles. The van der Waals surface area contributed by atoms with E-state index < -0.39 is 10.0 Å². The third-order valence-electron chi connectivity index (χ3n) is 2.80. The molecule has 1 aromatic rings. The fourth-order valence-electron chi connectivity index (χ4n) is 1.78. The summed E-state index contributed by atoms with van der Waals surface area (Å²) < 4.78 is 26.0. The standard InChI is InChI=1S/C12H16N4O3S/c1-8(6-13)15-11(17)7-14-12-9-4-2-3-5-10(9)20(18,19)16-12/h2-5,8H,6-7,13H2,1H3,(H,14,16)(H,15,17)/t8-/m0/s1. The Bertz CT molecular complexity index is 654. The Kier molecular flexibility index (Phi) is 4.05. The Labute approximate surface area is 117 Å². The summed E-state index contributed by atoms with van der Waals surface area (Å²) in [5, 5.41) is 2.65. The van der Waals surface area contributed by atoms with E-state index in [4.69, 9.17) is 5.73 Å². The number of amides is 1. The van der Waals surface area contributed by atoms with E-state index in [1.165, 1.54) is 6.07 Å². The monoisotopic (exact) mass is 296 g/mol. The molecule has 7 nitrogen and oxygen atoms in total. The lowest BCUT2D eigenvalue weighted by atomic mass is 10.2. The highest BCUT2D eigenvalue weighted by Gasteiger charge is 2.30. The summed E-state index contributed by atoms with van der Waals surface area (Å²) in [4.78, 5) is 15.8. The van der Waals surface area contributed by atoms with Gasteiger partial charge in [0.15, 0.2) is 0 Å². The van der Waals surface area contributed by atoms with Gasteiger partial charge in [0.05, 0.1) is 4.90 Å². The van der Waals surface area contributed by atoms with Crippen molar-refractivity contribution >= 4 is 21.8 Å². The van der Waals surface area contributed by atoms with E-state index in [0.29, 0.717) is 12.1 Å². The van der Waals surface area contributed by atoms with Gasteiger partial charge in [0.2, 0.25) is 5.91 Å². The number of carbonyl (C=O) groups is 1. The minimum atomic E-state index is -3.56. The maximum atomic E-state index is 11.8. The predicted molar refractivity (Wildman–Crippen MR) is 74.8 cm³/mol. The van der Waals surface area contributed by atoms with Gasteiger partial charge in [0.25, 0.3) is 10.0 Å². The normalized spacial score (nSPS) is 19.2. The molecule has 0 aromatic heterocycles. The van der Waals surface area contributed by atoms with Crippen LogP contribution in [0.15, 0.2) is 34.2 Å². The number of hydrogen-bond donors (Lipinski definition) is 3. The topological polar surface area (TPSA) is 114 Å². The van der Waals surface area contributed by atoms with Gasteiger partial charge in [-0.3, -0.25) is 14.5 Å². The summed E-state index contributed by atoms with van der Waals surface area (Å²) in [7, 11) is -3.56. The molecule has 1 aliphatic rings. The molecular weight excluding hydrogens is 280 g/mol. The smallest absolute Gasteiger partial charge is 0.263 e. The predicted octanol–water partition coefficient (Wildman–Crippen LogP) is -0.811. The molecular formula is C12H16N4O3S. The van der Waals surface area contributed by atoms with Crippen LogP contribution >= 0.6 is 0 Å². The molecule has 8 heteroatoms. The van der Waals surface area contributed by atoms with Crippen LogP contribution in [0.3, 0.4) is 0 Å². The fourth-order valence-corrected chi connectivity index (χ4v) is 3.03. The van der Waals surface area contributed by atoms with Gasteiger partial charge in [-0.05, 0) is 19.1 Å². The highest BCUT2D eigenvalue weighted by molar-refractivity contribution is 7.90. The molecule has 0 spiro atoms. The molecule has 1 amide bonds.